The van der Waals surface area contributed by atoms with E-state index < -0.39 is 0 Å². The van der Waals surface area contributed by atoms with Crippen molar-refractivity contribution in [3.05, 3.63) is 47.1 Å². The van der Waals surface area contributed by atoms with Crippen molar-refractivity contribution in [1.29, 1.82) is 0 Å². The summed E-state index contributed by atoms with van der Waals surface area (Å²) in [7, 11) is 0. The van der Waals surface area contributed by atoms with Gasteiger partial charge in [-0.1, -0.05) is 48.3 Å². The van der Waals surface area contributed by atoms with E-state index in [0.717, 1.165) is 12.8 Å². The van der Waals surface area contributed by atoms with E-state index in [9.17, 15) is 0 Å². The lowest BCUT2D eigenvalue weighted by Gasteiger charge is -2.02. The van der Waals surface area contributed by atoms with Gasteiger partial charge in [0.05, 0.1) is 6.04 Å². The highest BCUT2D eigenvalue weighted by Crippen LogP contribution is 2.15. The minimum absolute atomic E-state index is 0.144. The van der Waals surface area contributed by atoms with Crippen molar-refractivity contribution in [3.63, 3.8) is 0 Å². The molecule has 0 aliphatic carbocycles. The van der Waals surface area contributed by atoms with Crippen molar-refractivity contribution in [1.82, 2.24) is 10.1 Å². The topological polar surface area (TPSA) is 64.9 Å². The van der Waals surface area contributed by atoms with Crippen LogP contribution >= 0.6 is 0 Å². The van der Waals surface area contributed by atoms with Gasteiger partial charge in [0.2, 0.25) is 5.89 Å². The number of aromatic nitrogens is 2. The van der Waals surface area contributed by atoms with Crippen LogP contribution in [0.3, 0.4) is 0 Å². The summed E-state index contributed by atoms with van der Waals surface area (Å²) < 4.78 is 5.19. The van der Waals surface area contributed by atoms with Crippen LogP contribution in [-0.4, -0.2) is 10.1 Å². The first-order valence-electron chi connectivity index (χ1n) is 6.32. The molecule has 18 heavy (non-hydrogen) atoms. The second kappa shape index (κ2) is 5.78. The van der Waals surface area contributed by atoms with Crippen molar-refractivity contribution in [2.45, 2.75) is 39.2 Å². The molecule has 0 spiro atoms. The maximum Gasteiger partial charge on any atom is 0.243 e. The summed E-state index contributed by atoms with van der Waals surface area (Å²) in [6, 6.07) is 8.18. The highest BCUT2D eigenvalue weighted by Gasteiger charge is 2.13. The second-order valence-corrected chi connectivity index (χ2v) is 4.61. The van der Waals surface area contributed by atoms with Crippen molar-refractivity contribution in [2.75, 3.05) is 0 Å². The molecule has 2 aromatic rings. The van der Waals surface area contributed by atoms with Gasteiger partial charge in [-0.3, -0.25) is 0 Å². The fourth-order valence-electron chi connectivity index (χ4n) is 1.81. The number of aryl methyl sites for hydroxylation is 1. The van der Waals surface area contributed by atoms with E-state index in [4.69, 9.17) is 10.3 Å². The molecular weight excluding hydrogens is 226 g/mol. The van der Waals surface area contributed by atoms with Crippen LogP contribution in [0.2, 0.25) is 0 Å². The Hall–Kier alpha value is -1.68. The second-order valence-electron chi connectivity index (χ2n) is 4.61. The molecule has 0 aliphatic rings. The van der Waals surface area contributed by atoms with Gasteiger partial charge in [-0.2, -0.15) is 4.98 Å². The molecule has 4 nitrogen and oxygen atoms in total. The Bertz CT molecular complexity index is 490. The Morgan fingerprint density at radius 2 is 2.00 bits per heavy atom. The third-order valence-corrected chi connectivity index (χ3v) is 2.88. The Kier molecular flexibility index (Phi) is 4.10. The van der Waals surface area contributed by atoms with E-state index in [-0.39, 0.29) is 6.04 Å². The quantitative estimate of drug-likeness (QED) is 0.879. The van der Waals surface area contributed by atoms with Crippen LogP contribution in [0, 0.1) is 6.92 Å². The molecule has 1 atom stereocenters. The maximum atomic E-state index is 5.94. The van der Waals surface area contributed by atoms with Gasteiger partial charge in [-0.05, 0) is 18.9 Å². The predicted octanol–water partition coefficient (Wildman–Crippen LogP) is 2.77. The molecular formula is C14H19N3O. The maximum absolute atomic E-state index is 5.94. The number of rotatable bonds is 5. The monoisotopic (exact) mass is 245 g/mol. The van der Waals surface area contributed by atoms with Crippen molar-refractivity contribution in [2.24, 2.45) is 5.73 Å². The van der Waals surface area contributed by atoms with E-state index in [2.05, 4.69) is 48.3 Å². The van der Waals surface area contributed by atoms with Crippen molar-refractivity contribution < 1.29 is 4.52 Å². The van der Waals surface area contributed by atoms with Gasteiger partial charge in [0.15, 0.2) is 5.82 Å². The molecule has 0 unspecified atom stereocenters. The molecule has 2 rings (SSSR count). The van der Waals surface area contributed by atoms with Crippen LogP contribution < -0.4 is 5.73 Å². The minimum Gasteiger partial charge on any atom is -0.338 e. The van der Waals surface area contributed by atoms with E-state index in [1.54, 1.807) is 0 Å². The number of benzene rings is 1. The van der Waals surface area contributed by atoms with Gasteiger partial charge in [0, 0.05) is 6.42 Å². The zero-order chi connectivity index (χ0) is 13.0. The van der Waals surface area contributed by atoms with Gasteiger partial charge in [0.1, 0.15) is 0 Å². The smallest absolute Gasteiger partial charge is 0.243 e. The lowest BCUT2D eigenvalue weighted by Crippen LogP contribution is -2.10. The van der Waals surface area contributed by atoms with Gasteiger partial charge < -0.3 is 10.3 Å². The summed E-state index contributed by atoms with van der Waals surface area (Å²) in [5.41, 5.74) is 8.36. The Balaban J connectivity index is 2.04. The zero-order valence-corrected chi connectivity index (χ0v) is 10.9. The van der Waals surface area contributed by atoms with Crippen LogP contribution in [0.15, 0.2) is 28.8 Å². The third kappa shape index (κ3) is 3.17. The molecule has 0 saturated heterocycles. The largest absolute Gasteiger partial charge is 0.338 e. The molecule has 0 aliphatic heterocycles. The Labute approximate surface area is 107 Å². The number of hydrogen-bond acceptors (Lipinski definition) is 4. The zero-order valence-electron chi connectivity index (χ0n) is 10.9. The molecule has 0 bridgehead atoms. The Morgan fingerprint density at radius 1 is 1.28 bits per heavy atom. The number of nitrogens with two attached hydrogens (primary N) is 1. The highest BCUT2D eigenvalue weighted by molar-refractivity contribution is 5.23. The SMILES string of the molecule is CCC[C@@H](N)c1nc(Cc2ccc(C)cc2)no1. The number of nitrogens with zero attached hydrogens (tertiary/aromatic N) is 2. The van der Waals surface area contributed by atoms with E-state index >= 15 is 0 Å². The molecule has 4 heteroatoms. The molecule has 1 aromatic carbocycles. The van der Waals surface area contributed by atoms with Gasteiger partial charge in [0.25, 0.3) is 0 Å². The van der Waals surface area contributed by atoms with Crippen LogP contribution in [-0.2, 0) is 6.42 Å². The van der Waals surface area contributed by atoms with E-state index in [0.29, 0.717) is 18.1 Å². The van der Waals surface area contributed by atoms with E-state index in [1.165, 1.54) is 11.1 Å². The first kappa shape index (κ1) is 12.8. The van der Waals surface area contributed by atoms with Crippen molar-refractivity contribution in [3.8, 4) is 0 Å². The lowest BCUT2D eigenvalue weighted by atomic mass is 10.1. The Morgan fingerprint density at radius 3 is 2.67 bits per heavy atom. The average Bonchev–Trinajstić information content (AvgIpc) is 2.81. The van der Waals surface area contributed by atoms with Crippen molar-refractivity contribution >= 4 is 0 Å². The fourth-order valence-corrected chi connectivity index (χ4v) is 1.81. The van der Waals surface area contributed by atoms with Crippen LogP contribution in [0.4, 0.5) is 0 Å². The molecule has 0 radical (unpaired) electrons. The summed E-state index contributed by atoms with van der Waals surface area (Å²) in [6.07, 6.45) is 2.56. The average molecular weight is 245 g/mol. The molecule has 0 amide bonds. The first-order chi connectivity index (χ1) is 8.69. The normalized spacial score (nSPS) is 12.6. The van der Waals surface area contributed by atoms with Crippen LogP contribution in [0.1, 0.15) is 48.6 Å². The van der Waals surface area contributed by atoms with Crippen LogP contribution in [0.25, 0.3) is 0 Å². The molecule has 1 heterocycles. The lowest BCUT2D eigenvalue weighted by molar-refractivity contribution is 0.345. The van der Waals surface area contributed by atoms with Gasteiger partial charge >= 0.3 is 0 Å². The van der Waals surface area contributed by atoms with Gasteiger partial charge in [-0.15, -0.1) is 0 Å². The van der Waals surface area contributed by atoms with Crippen LogP contribution in [0.5, 0.6) is 0 Å². The summed E-state index contributed by atoms with van der Waals surface area (Å²) in [6.45, 7) is 4.16. The third-order valence-electron chi connectivity index (χ3n) is 2.88. The standard InChI is InChI=1S/C14H19N3O/c1-3-4-12(15)14-16-13(17-18-14)9-11-7-5-10(2)6-8-11/h5-8,12H,3-4,9,15H2,1-2H3/t12-/m1/s1. The van der Waals surface area contributed by atoms with Gasteiger partial charge in [-0.25, -0.2) is 0 Å². The highest BCUT2D eigenvalue weighted by atomic mass is 16.5. The summed E-state index contributed by atoms with van der Waals surface area (Å²) in [5, 5.41) is 3.97. The van der Waals surface area contributed by atoms with E-state index in [1.807, 2.05) is 0 Å². The summed E-state index contributed by atoms with van der Waals surface area (Å²) in [5.74, 6) is 1.24. The fraction of sp³-hybridized carbons (Fsp3) is 0.429. The molecule has 96 valence electrons. The molecule has 0 fully saturated rings. The molecule has 1 aromatic heterocycles. The molecule has 2 N–H and O–H groups in total. The summed E-state index contributed by atoms with van der Waals surface area (Å²) in [4.78, 5) is 4.34. The number of hydrogen-bond donors (Lipinski definition) is 1. The molecule has 0 saturated carbocycles. The predicted molar refractivity (Wildman–Crippen MR) is 70.1 cm³/mol. The summed E-state index contributed by atoms with van der Waals surface area (Å²) >= 11 is 0. The minimum atomic E-state index is -0.144. The first-order valence-corrected chi connectivity index (χ1v) is 6.32.